The number of amides is 2. The SMILES string of the molecule is Cc1cc(OCC(=O)N(Cc2cccc(Cl)c2)[C@H](C)C(=O)NCC(C)C)ccc1Br. The molecule has 162 valence electrons. The van der Waals surface area contributed by atoms with E-state index in [1.807, 2.05) is 45.0 Å². The lowest BCUT2D eigenvalue weighted by Gasteiger charge is -2.29. The maximum Gasteiger partial charge on any atom is 0.261 e. The first-order chi connectivity index (χ1) is 14.2. The molecular weight excluding hydrogens is 468 g/mol. The smallest absolute Gasteiger partial charge is 0.261 e. The Balaban J connectivity index is 2.14. The highest BCUT2D eigenvalue weighted by Crippen LogP contribution is 2.22. The highest BCUT2D eigenvalue weighted by molar-refractivity contribution is 9.10. The van der Waals surface area contributed by atoms with Crippen molar-refractivity contribution in [2.45, 2.75) is 40.3 Å². The number of aryl methyl sites for hydroxylation is 1. The van der Waals surface area contributed by atoms with Crippen LogP contribution in [0.15, 0.2) is 46.9 Å². The second-order valence-electron chi connectivity index (χ2n) is 7.67. The van der Waals surface area contributed by atoms with Gasteiger partial charge in [-0.05, 0) is 61.2 Å². The summed E-state index contributed by atoms with van der Waals surface area (Å²) in [6.45, 7) is 8.37. The van der Waals surface area contributed by atoms with E-state index in [9.17, 15) is 9.59 Å². The van der Waals surface area contributed by atoms with E-state index in [1.54, 1.807) is 25.1 Å². The van der Waals surface area contributed by atoms with Crippen molar-refractivity contribution in [1.29, 1.82) is 0 Å². The molecule has 1 N–H and O–H groups in total. The van der Waals surface area contributed by atoms with Crippen molar-refractivity contribution in [3.63, 3.8) is 0 Å². The van der Waals surface area contributed by atoms with Crippen molar-refractivity contribution in [2.75, 3.05) is 13.2 Å². The van der Waals surface area contributed by atoms with Gasteiger partial charge in [0.2, 0.25) is 5.91 Å². The fourth-order valence-electron chi connectivity index (χ4n) is 2.80. The maximum absolute atomic E-state index is 13.0. The number of hydrogen-bond donors (Lipinski definition) is 1. The summed E-state index contributed by atoms with van der Waals surface area (Å²) >= 11 is 9.54. The third-order valence-electron chi connectivity index (χ3n) is 4.59. The molecule has 5 nitrogen and oxygen atoms in total. The number of carbonyl (C=O) groups is 2. The summed E-state index contributed by atoms with van der Waals surface area (Å²) in [6.07, 6.45) is 0. The van der Waals surface area contributed by atoms with Crippen LogP contribution >= 0.6 is 27.5 Å². The van der Waals surface area contributed by atoms with E-state index in [0.29, 0.717) is 23.2 Å². The lowest BCUT2D eigenvalue weighted by atomic mass is 10.1. The molecule has 0 saturated carbocycles. The van der Waals surface area contributed by atoms with E-state index in [4.69, 9.17) is 16.3 Å². The lowest BCUT2D eigenvalue weighted by Crippen LogP contribution is -2.49. The highest BCUT2D eigenvalue weighted by Gasteiger charge is 2.26. The van der Waals surface area contributed by atoms with Crippen molar-refractivity contribution < 1.29 is 14.3 Å². The number of carbonyl (C=O) groups excluding carboxylic acids is 2. The highest BCUT2D eigenvalue weighted by atomic mass is 79.9. The van der Waals surface area contributed by atoms with Crippen LogP contribution in [0.3, 0.4) is 0 Å². The van der Waals surface area contributed by atoms with Crippen LogP contribution in [0, 0.1) is 12.8 Å². The van der Waals surface area contributed by atoms with E-state index in [0.717, 1.165) is 15.6 Å². The van der Waals surface area contributed by atoms with Crippen molar-refractivity contribution in [1.82, 2.24) is 10.2 Å². The number of halogens is 2. The van der Waals surface area contributed by atoms with Crippen LogP contribution < -0.4 is 10.1 Å². The summed E-state index contributed by atoms with van der Waals surface area (Å²) in [5.74, 6) is 0.451. The zero-order chi connectivity index (χ0) is 22.3. The van der Waals surface area contributed by atoms with Crippen LogP contribution in [0.25, 0.3) is 0 Å². The summed E-state index contributed by atoms with van der Waals surface area (Å²) < 4.78 is 6.68. The van der Waals surface area contributed by atoms with Gasteiger partial charge in [0.25, 0.3) is 5.91 Å². The molecule has 0 aromatic heterocycles. The van der Waals surface area contributed by atoms with E-state index >= 15 is 0 Å². The Labute approximate surface area is 191 Å². The Morgan fingerprint density at radius 2 is 1.90 bits per heavy atom. The average Bonchev–Trinajstić information content (AvgIpc) is 2.70. The summed E-state index contributed by atoms with van der Waals surface area (Å²) in [5, 5.41) is 3.48. The Bertz CT molecular complexity index is 889. The molecular formula is C23H28BrClN2O3. The zero-order valence-electron chi connectivity index (χ0n) is 17.7. The fourth-order valence-corrected chi connectivity index (χ4v) is 3.26. The Morgan fingerprint density at radius 3 is 2.53 bits per heavy atom. The van der Waals surface area contributed by atoms with E-state index < -0.39 is 6.04 Å². The molecule has 0 spiro atoms. The molecule has 0 bridgehead atoms. The number of nitrogens with zero attached hydrogens (tertiary/aromatic N) is 1. The third kappa shape index (κ3) is 7.33. The molecule has 1 atom stereocenters. The first kappa shape index (κ1) is 24.2. The number of benzene rings is 2. The molecule has 0 aliphatic rings. The molecule has 0 aliphatic carbocycles. The van der Waals surface area contributed by atoms with Crippen molar-refractivity contribution in [3.8, 4) is 5.75 Å². The molecule has 7 heteroatoms. The van der Waals surface area contributed by atoms with Gasteiger partial charge >= 0.3 is 0 Å². The summed E-state index contributed by atoms with van der Waals surface area (Å²) in [5.41, 5.74) is 1.86. The van der Waals surface area contributed by atoms with Gasteiger partial charge in [0.1, 0.15) is 11.8 Å². The summed E-state index contributed by atoms with van der Waals surface area (Å²) in [7, 11) is 0. The van der Waals surface area contributed by atoms with E-state index in [-0.39, 0.29) is 25.0 Å². The molecule has 0 fully saturated rings. The van der Waals surface area contributed by atoms with Crippen molar-refractivity contribution in [3.05, 3.63) is 63.1 Å². The van der Waals surface area contributed by atoms with Crippen molar-refractivity contribution in [2.24, 2.45) is 5.92 Å². The number of rotatable bonds is 9. The predicted molar refractivity (Wildman–Crippen MR) is 124 cm³/mol. The molecule has 0 unspecified atom stereocenters. The molecule has 30 heavy (non-hydrogen) atoms. The number of nitrogens with one attached hydrogen (secondary N) is 1. The van der Waals surface area contributed by atoms with E-state index in [2.05, 4.69) is 21.2 Å². The van der Waals surface area contributed by atoms with E-state index in [1.165, 1.54) is 4.90 Å². The van der Waals surface area contributed by atoms with Gasteiger partial charge in [0.15, 0.2) is 6.61 Å². The molecule has 2 rings (SSSR count). The van der Waals surface area contributed by atoms with Gasteiger partial charge in [-0.3, -0.25) is 9.59 Å². The quantitative estimate of drug-likeness (QED) is 0.534. The third-order valence-corrected chi connectivity index (χ3v) is 5.71. The largest absolute Gasteiger partial charge is 0.484 e. The number of ether oxygens (including phenoxy) is 1. The molecule has 0 aliphatic heterocycles. The molecule has 2 amide bonds. The molecule has 0 radical (unpaired) electrons. The topological polar surface area (TPSA) is 58.6 Å². The van der Waals surface area contributed by atoms with Crippen LogP contribution in [0.5, 0.6) is 5.75 Å². The average molecular weight is 496 g/mol. The molecule has 2 aromatic rings. The Kier molecular flexibility index (Phi) is 9.18. The van der Waals surface area contributed by atoms with Gasteiger partial charge in [-0.1, -0.05) is 53.5 Å². The molecule has 0 saturated heterocycles. The standard InChI is InChI=1S/C23H28BrClN2O3/c1-15(2)12-26-23(29)17(4)27(13-18-6-5-7-19(25)11-18)22(28)14-30-20-8-9-21(24)16(3)10-20/h5-11,15,17H,12-14H2,1-4H3,(H,26,29)/t17-/m1/s1. The maximum atomic E-state index is 13.0. The van der Waals surface area contributed by atoms with Crippen LogP contribution in [-0.2, 0) is 16.1 Å². The second kappa shape index (κ2) is 11.4. The number of hydrogen-bond acceptors (Lipinski definition) is 3. The molecule has 0 heterocycles. The van der Waals surface area contributed by atoms with Crippen molar-refractivity contribution >= 4 is 39.3 Å². The first-order valence-corrected chi connectivity index (χ1v) is 11.0. The van der Waals surface area contributed by atoms with Crippen LogP contribution in [0.4, 0.5) is 0 Å². The lowest BCUT2D eigenvalue weighted by molar-refractivity contribution is -0.142. The van der Waals surface area contributed by atoms with Gasteiger partial charge in [-0.15, -0.1) is 0 Å². The monoisotopic (exact) mass is 494 g/mol. The minimum absolute atomic E-state index is 0.163. The Morgan fingerprint density at radius 1 is 1.17 bits per heavy atom. The van der Waals surface area contributed by atoms with Gasteiger partial charge in [-0.2, -0.15) is 0 Å². The molecule has 2 aromatic carbocycles. The van der Waals surface area contributed by atoms with Gasteiger partial charge in [-0.25, -0.2) is 0 Å². The van der Waals surface area contributed by atoms with Gasteiger partial charge < -0.3 is 15.0 Å². The predicted octanol–water partition coefficient (Wildman–Crippen LogP) is 4.98. The summed E-state index contributed by atoms with van der Waals surface area (Å²) in [6, 6.07) is 12.1. The van der Waals surface area contributed by atoms with Gasteiger partial charge in [0, 0.05) is 22.6 Å². The summed E-state index contributed by atoms with van der Waals surface area (Å²) in [4.78, 5) is 27.2. The first-order valence-electron chi connectivity index (χ1n) is 9.88. The van der Waals surface area contributed by atoms with Gasteiger partial charge in [0.05, 0.1) is 0 Å². The van der Waals surface area contributed by atoms with Crippen LogP contribution in [0.1, 0.15) is 31.9 Å². The minimum Gasteiger partial charge on any atom is -0.484 e. The minimum atomic E-state index is -0.648. The normalized spacial score (nSPS) is 11.8. The van der Waals surface area contributed by atoms with Crippen LogP contribution in [0.2, 0.25) is 5.02 Å². The fraction of sp³-hybridized carbons (Fsp3) is 0.391. The second-order valence-corrected chi connectivity index (χ2v) is 8.96. The zero-order valence-corrected chi connectivity index (χ0v) is 20.1. The van der Waals surface area contributed by atoms with Crippen LogP contribution in [-0.4, -0.2) is 35.9 Å². The Hall–Kier alpha value is -2.05.